The first-order chi connectivity index (χ1) is 12.3. The standard InChI is InChI=1S/C18H13F4NO2S/c19-14-6-2-1-5-13(14)15-7-8-16(26-15)17(24)23(11-18(20,21)22)10-12-4-3-9-25-12/h1-9H,10-11H2. The zero-order valence-corrected chi connectivity index (χ0v) is 14.1. The number of carbonyl (C=O) groups is 1. The number of rotatable bonds is 5. The van der Waals surface area contributed by atoms with Crippen LogP contribution in [0.2, 0.25) is 0 Å². The molecule has 0 unspecified atom stereocenters. The van der Waals surface area contributed by atoms with Gasteiger partial charge in [0.2, 0.25) is 0 Å². The van der Waals surface area contributed by atoms with Crippen LogP contribution < -0.4 is 0 Å². The Morgan fingerprint density at radius 3 is 2.50 bits per heavy atom. The SMILES string of the molecule is O=C(c1ccc(-c2ccccc2F)s1)N(Cc1ccco1)CC(F)(F)F. The molecule has 0 N–H and O–H groups in total. The van der Waals surface area contributed by atoms with Gasteiger partial charge in [0.25, 0.3) is 5.91 Å². The van der Waals surface area contributed by atoms with Crippen molar-refractivity contribution >= 4 is 17.2 Å². The number of benzene rings is 1. The lowest BCUT2D eigenvalue weighted by molar-refractivity contribution is -0.142. The molecular formula is C18H13F4NO2S. The van der Waals surface area contributed by atoms with Crippen LogP contribution in [0.15, 0.2) is 59.2 Å². The van der Waals surface area contributed by atoms with Crippen LogP contribution in [0.5, 0.6) is 0 Å². The maximum atomic E-state index is 13.9. The van der Waals surface area contributed by atoms with E-state index in [9.17, 15) is 22.4 Å². The van der Waals surface area contributed by atoms with Gasteiger partial charge in [0.15, 0.2) is 0 Å². The van der Waals surface area contributed by atoms with Crippen molar-refractivity contribution in [2.24, 2.45) is 0 Å². The normalized spacial score (nSPS) is 11.5. The topological polar surface area (TPSA) is 33.5 Å². The Kier molecular flexibility index (Phi) is 5.13. The Balaban J connectivity index is 1.86. The molecule has 8 heteroatoms. The molecule has 0 saturated carbocycles. The van der Waals surface area contributed by atoms with Crippen LogP contribution >= 0.6 is 11.3 Å². The minimum atomic E-state index is -4.55. The minimum absolute atomic E-state index is 0.0964. The highest BCUT2D eigenvalue weighted by Crippen LogP contribution is 2.31. The fourth-order valence-electron chi connectivity index (χ4n) is 2.42. The second kappa shape index (κ2) is 7.33. The third kappa shape index (κ3) is 4.32. The van der Waals surface area contributed by atoms with Gasteiger partial charge in [-0.1, -0.05) is 18.2 Å². The van der Waals surface area contributed by atoms with Crippen LogP contribution in [0.1, 0.15) is 15.4 Å². The van der Waals surface area contributed by atoms with E-state index in [1.165, 1.54) is 42.7 Å². The molecule has 26 heavy (non-hydrogen) atoms. The lowest BCUT2D eigenvalue weighted by Crippen LogP contribution is -2.38. The quantitative estimate of drug-likeness (QED) is 0.557. The molecule has 0 radical (unpaired) electrons. The number of nitrogens with zero attached hydrogens (tertiary/aromatic N) is 1. The van der Waals surface area contributed by atoms with Gasteiger partial charge in [-0.05, 0) is 30.3 Å². The molecule has 0 atom stereocenters. The summed E-state index contributed by atoms with van der Waals surface area (Å²) in [5, 5.41) is 0. The highest BCUT2D eigenvalue weighted by atomic mass is 32.1. The average molecular weight is 383 g/mol. The lowest BCUT2D eigenvalue weighted by atomic mass is 10.2. The summed E-state index contributed by atoms with van der Waals surface area (Å²) in [5.74, 6) is -1.00. The zero-order valence-electron chi connectivity index (χ0n) is 13.3. The van der Waals surface area contributed by atoms with Gasteiger partial charge < -0.3 is 9.32 Å². The summed E-state index contributed by atoms with van der Waals surface area (Å²) in [5.41, 5.74) is 0.296. The summed E-state index contributed by atoms with van der Waals surface area (Å²) >= 11 is 0.946. The van der Waals surface area contributed by atoms with Crippen molar-refractivity contribution in [3.63, 3.8) is 0 Å². The van der Waals surface area contributed by atoms with E-state index in [1.54, 1.807) is 12.1 Å². The summed E-state index contributed by atoms with van der Waals surface area (Å²) in [6.07, 6.45) is -3.22. The monoisotopic (exact) mass is 383 g/mol. The van der Waals surface area contributed by atoms with E-state index in [0.29, 0.717) is 15.3 Å². The van der Waals surface area contributed by atoms with Crippen molar-refractivity contribution in [3.05, 3.63) is 71.2 Å². The van der Waals surface area contributed by atoms with E-state index < -0.39 is 24.4 Å². The molecule has 0 aliphatic rings. The number of alkyl halides is 3. The fraction of sp³-hybridized carbons (Fsp3) is 0.167. The highest BCUT2D eigenvalue weighted by molar-refractivity contribution is 7.17. The van der Waals surface area contributed by atoms with E-state index >= 15 is 0 Å². The summed E-state index contributed by atoms with van der Waals surface area (Å²) in [6.45, 7) is -1.71. The number of thiophene rings is 1. The third-order valence-corrected chi connectivity index (χ3v) is 4.65. The molecule has 0 aliphatic heterocycles. The molecule has 1 aromatic carbocycles. The molecule has 0 spiro atoms. The third-order valence-electron chi connectivity index (χ3n) is 3.54. The van der Waals surface area contributed by atoms with Gasteiger partial charge in [-0.2, -0.15) is 13.2 Å². The first-order valence-electron chi connectivity index (χ1n) is 7.56. The summed E-state index contributed by atoms with van der Waals surface area (Å²) in [6, 6.07) is 12.0. The number of furan rings is 1. The molecule has 3 rings (SSSR count). The van der Waals surface area contributed by atoms with Crippen LogP contribution in [-0.4, -0.2) is 23.5 Å². The van der Waals surface area contributed by atoms with Gasteiger partial charge in [0, 0.05) is 10.4 Å². The molecule has 136 valence electrons. The lowest BCUT2D eigenvalue weighted by Gasteiger charge is -2.22. The molecule has 1 amide bonds. The van der Waals surface area contributed by atoms with Crippen molar-refractivity contribution in [1.29, 1.82) is 0 Å². The van der Waals surface area contributed by atoms with Crippen molar-refractivity contribution < 1.29 is 26.8 Å². The molecule has 2 heterocycles. The minimum Gasteiger partial charge on any atom is -0.467 e. The Hall–Kier alpha value is -2.61. The Morgan fingerprint density at radius 1 is 1.08 bits per heavy atom. The number of halogens is 4. The predicted octanol–water partition coefficient (Wildman–Crippen LogP) is 5.35. The summed E-state index contributed by atoms with van der Waals surface area (Å²) in [7, 11) is 0. The first kappa shape index (κ1) is 18.2. The molecule has 3 aromatic rings. The maximum Gasteiger partial charge on any atom is 0.406 e. The molecule has 0 bridgehead atoms. The first-order valence-corrected chi connectivity index (χ1v) is 8.38. The van der Waals surface area contributed by atoms with Gasteiger partial charge in [-0.3, -0.25) is 4.79 Å². The summed E-state index contributed by atoms with van der Waals surface area (Å²) < 4.78 is 57.5. The van der Waals surface area contributed by atoms with Gasteiger partial charge in [0.1, 0.15) is 18.1 Å². The van der Waals surface area contributed by atoms with Crippen LogP contribution in [0.25, 0.3) is 10.4 Å². The highest BCUT2D eigenvalue weighted by Gasteiger charge is 2.34. The van der Waals surface area contributed by atoms with Crippen molar-refractivity contribution in [2.75, 3.05) is 6.54 Å². The van der Waals surface area contributed by atoms with Crippen LogP contribution in [-0.2, 0) is 6.54 Å². The van der Waals surface area contributed by atoms with Crippen LogP contribution in [0, 0.1) is 5.82 Å². The largest absolute Gasteiger partial charge is 0.467 e. The van der Waals surface area contributed by atoms with E-state index in [-0.39, 0.29) is 17.2 Å². The number of hydrogen-bond donors (Lipinski definition) is 0. The average Bonchev–Trinajstić information content (AvgIpc) is 3.24. The Morgan fingerprint density at radius 2 is 1.85 bits per heavy atom. The summed E-state index contributed by atoms with van der Waals surface area (Å²) in [4.78, 5) is 13.8. The zero-order chi connectivity index (χ0) is 18.7. The molecule has 0 fully saturated rings. The maximum absolute atomic E-state index is 13.9. The number of amides is 1. The van der Waals surface area contributed by atoms with Gasteiger partial charge in [-0.25, -0.2) is 4.39 Å². The second-order valence-electron chi connectivity index (χ2n) is 5.50. The Bertz CT molecular complexity index is 887. The van der Waals surface area contributed by atoms with E-state index in [0.717, 1.165) is 11.3 Å². The molecule has 3 nitrogen and oxygen atoms in total. The van der Waals surface area contributed by atoms with E-state index in [1.807, 2.05) is 0 Å². The van der Waals surface area contributed by atoms with Crippen LogP contribution in [0.4, 0.5) is 17.6 Å². The van der Waals surface area contributed by atoms with Gasteiger partial charge in [0.05, 0.1) is 17.7 Å². The molecule has 0 aliphatic carbocycles. The Labute approximate surface area is 150 Å². The van der Waals surface area contributed by atoms with Crippen LogP contribution in [0.3, 0.4) is 0 Å². The predicted molar refractivity (Wildman–Crippen MR) is 89.2 cm³/mol. The van der Waals surface area contributed by atoms with Crippen molar-refractivity contribution in [1.82, 2.24) is 4.90 Å². The van der Waals surface area contributed by atoms with E-state index in [4.69, 9.17) is 4.42 Å². The fourth-order valence-corrected chi connectivity index (χ4v) is 3.42. The molecule has 2 aromatic heterocycles. The molecular weight excluding hydrogens is 370 g/mol. The second-order valence-corrected chi connectivity index (χ2v) is 6.58. The van der Waals surface area contributed by atoms with E-state index in [2.05, 4.69) is 0 Å². The van der Waals surface area contributed by atoms with Crippen molar-refractivity contribution in [2.45, 2.75) is 12.7 Å². The van der Waals surface area contributed by atoms with Crippen molar-refractivity contribution in [3.8, 4) is 10.4 Å². The molecule has 0 saturated heterocycles. The van der Waals surface area contributed by atoms with Gasteiger partial charge >= 0.3 is 6.18 Å². The number of carbonyl (C=O) groups excluding carboxylic acids is 1. The van der Waals surface area contributed by atoms with Gasteiger partial charge in [-0.15, -0.1) is 11.3 Å². The smallest absolute Gasteiger partial charge is 0.406 e. The number of hydrogen-bond acceptors (Lipinski definition) is 3.